The molecule has 0 aliphatic carbocycles. The van der Waals surface area contributed by atoms with Crippen LogP contribution in [-0.4, -0.2) is 15.6 Å². The van der Waals surface area contributed by atoms with Crippen LogP contribution in [0.1, 0.15) is 22.7 Å². The van der Waals surface area contributed by atoms with Gasteiger partial charge in [0.2, 0.25) is 0 Å². The number of hydrogen-bond acceptors (Lipinski definition) is 3. The molecule has 0 radical (unpaired) electrons. The number of aromatic nitrogens is 2. The number of carbonyl (C=O) groups is 1. The van der Waals surface area contributed by atoms with Crippen LogP contribution in [0.2, 0.25) is 10.0 Å². The molecule has 7 nitrogen and oxygen atoms in total. The van der Waals surface area contributed by atoms with Gasteiger partial charge in [0.1, 0.15) is 5.82 Å². The normalized spacial score (nSPS) is 15.5. The van der Waals surface area contributed by atoms with Crippen LogP contribution < -0.4 is 21.9 Å². The van der Waals surface area contributed by atoms with Crippen LogP contribution in [0.15, 0.2) is 58.1 Å². The summed E-state index contributed by atoms with van der Waals surface area (Å²) in [7, 11) is 0. The first-order chi connectivity index (χ1) is 13.4. The Bertz CT molecular complexity index is 1190. The summed E-state index contributed by atoms with van der Waals surface area (Å²) in [6.45, 7) is 0.188. The minimum absolute atomic E-state index is 0.150. The predicted octanol–water partition coefficient (Wildman–Crippen LogP) is 3.12. The molecule has 1 unspecified atom stereocenters. The maximum absolute atomic E-state index is 12.6. The molecule has 0 saturated heterocycles. The number of hydrogen-bond donors (Lipinski definition) is 3. The van der Waals surface area contributed by atoms with Gasteiger partial charge >= 0.3 is 11.7 Å². The third kappa shape index (κ3) is 3.30. The third-order valence-corrected chi connectivity index (χ3v) is 5.23. The first-order valence-corrected chi connectivity index (χ1v) is 9.13. The Kier molecular flexibility index (Phi) is 4.70. The van der Waals surface area contributed by atoms with Crippen molar-refractivity contribution in [1.29, 1.82) is 0 Å². The van der Waals surface area contributed by atoms with Gasteiger partial charge in [-0.1, -0.05) is 59.6 Å². The van der Waals surface area contributed by atoms with E-state index in [1.54, 1.807) is 18.2 Å². The summed E-state index contributed by atoms with van der Waals surface area (Å²) in [6, 6.07) is 12.8. The zero-order valence-electron chi connectivity index (χ0n) is 14.3. The highest BCUT2D eigenvalue weighted by Crippen LogP contribution is 2.32. The molecule has 2 aromatic carbocycles. The van der Waals surface area contributed by atoms with Crippen LogP contribution in [0.3, 0.4) is 0 Å². The summed E-state index contributed by atoms with van der Waals surface area (Å²) >= 11 is 12.1. The lowest BCUT2D eigenvalue weighted by molar-refractivity contribution is 0.248. The Labute approximate surface area is 168 Å². The Morgan fingerprint density at radius 2 is 1.71 bits per heavy atom. The van der Waals surface area contributed by atoms with Gasteiger partial charge in [0.15, 0.2) is 0 Å². The van der Waals surface area contributed by atoms with Crippen molar-refractivity contribution < 1.29 is 4.79 Å². The Morgan fingerprint density at radius 1 is 0.964 bits per heavy atom. The number of carbonyl (C=O) groups excluding carboxylic acids is 1. The molecule has 1 aliphatic rings. The molecule has 28 heavy (non-hydrogen) atoms. The van der Waals surface area contributed by atoms with E-state index in [4.69, 9.17) is 23.2 Å². The van der Waals surface area contributed by atoms with Gasteiger partial charge < -0.3 is 5.32 Å². The number of nitrogens with zero attached hydrogens (tertiary/aromatic N) is 1. The van der Waals surface area contributed by atoms with Crippen LogP contribution in [0.5, 0.6) is 0 Å². The van der Waals surface area contributed by atoms with Crippen LogP contribution in [0.4, 0.5) is 10.6 Å². The lowest BCUT2D eigenvalue weighted by Gasteiger charge is -2.28. The molecule has 0 bridgehead atoms. The zero-order valence-corrected chi connectivity index (χ0v) is 15.8. The lowest BCUT2D eigenvalue weighted by Crippen LogP contribution is -2.46. The average Bonchev–Trinajstić information content (AvgIpc) is 2.67. The van der Waals surface area contributed by atoms with Crippen LogP contribution in [-0.2, 0) is 6.54 Å². The quantitative estimate of drug-likeness (QED) is 0.611. The van der Waals surface area contributed by atoms with Crippen molar-refractivity contribution in [2.24, 2.45) is 0 Å². The number of aromatic amines is 1. The molecule has 3 N–H and O–H groups in total. The molecule has 0 spiro atoms. The number of nitrogens with one attached hydrogen (secondary N) is 3. The van der Waals surface area contributed by atoms with Crippen molar-refractivity contribution >= 4 is 35.1 Å². The van der Waals surface area contributed by atoms with Gasteiger partial charge in [-0.05, 0) is 23.3 Å². The van der Waals surface area contributed by atoms with E-state index in [-0.39, 0.29) is 17.9 Å². The number of rotatable bonds is 3. The van der Waals surface area contributed by atoms with Crippen LogP contribution >= 0.6 is 23.2 Å². The number of benzene rings is 2. The fourth-order valence-electron chi connectivity index (χ4n) is 3.19. The van der Waals surface area contributed by atoms with Crippen molar-refractivity contribution in [3.63, 3.8) is 0 Å². The van der Waals surface area contributed by atoms with E-state index in [2.05, 4.69) is 15.6 Å². The number of fused-ring (bicyclic) bond motifs is 1. The number of urea groups is 1. The third-order valence-electron chi connectivity index (χ3n) is 4.49. The van der Waals surface area contributed by atoms with Crippen molar-refractivity contribution in [3.05, 3.63) is 96.1 Å². The van der Waals surface area contributed by atoms with Crippen LogP contribution in [0.25, 0.3) is 0 Å². The molecule has 3 aromatic rings. The maximum Gasteiger partial charge on any atom is 0.330 e. The van der Waals surface area contributed by atoms with Gasteiger partial charge in [-0.3, -0.25) is 19.7 Å². The molecule has 1 atom stereocenters. The van der Waals surface area contributed by atoms with E-state index in [0.29, 0.717) is 15.6 Å². The SMILES string of the molecule is O=C1Nc2c(c(=O)[nH]c(=O)n2Cc2ccccc2)C(c2ccc(Cl)c(Cl)c2)N1. The minimum atomic E-state index is -0.787. The summed E-state index contributed by atoms with van der Waals surface area (Å²) in [4.78, 5) is 39.7. The summed E-state index contributed by atoms with van der Waals surface area (Å²) in [6.07, 6.45) is 0. The van der Waals surface area contributed by atoms with Gasteiger partial charge in [0, 0.05) is 0 Å². The summed E-state index contributed by atoms with van der Waals surface area (Å²) in [5.74, 6) is 0.150. The molecule has 0 fully saturated rings. The van der Waals surface area contributed by atoms with Crippen molar-refractivity contribution in [3.8, 4) is 0 Å². The minimum Gasteiger partial charge on any atom is -0.327 e. The molecular weight excluding hydrogens is 403 g/mol. The molecule has 0 saturated carbocycles. The molecule has 4 rings (SSSR count). The molecule has 1 aromatic heterocycles. The van der Waals surface area contributed by atoms with Gasteiger partial charge in [-0.25, -0.2) is 9.59 Å². The van der Waals surface area contributed by atoms with E-state index in [0.717, 1.165) is 5.56 Å². The van der Waals surface area contributed by atoms with Crippen molar-refractivity contribution in [2.75, 3.05) is 5.32 Å². The summed E-state index contributed by atoms with van der Waals surface area (Å²) < 4.78 is 1.33. The highest BCUT2D eigenvalue weighted by Gasteiger charge is 2.31. The monoisotopic (exact) mass is 416 g/mol. The fraction of sp³-hybridized carbons (Fsp3) is 0.105. The number of anilines is 1. The van der Waals surface area contributed by atoms with E-state index < -0.39 is 23.3 Å². The van der Waals surface area contributed by atoms with Gasteiger partial charge in [-0.2, -0.15) is 0 Å². The Balaban J connectivity index is 1.90. The topological polar surface area (TPSA) is 96.0 Å². The number of H-pyrrole nitrogens is 1. The van der Waals surface area contributed by atoms with E-state index >= 15 is 0 Å². The fourth-order valence-corrected chi connectivity index (χ4v) is 3.50. The molecule has 1 aliphatic heterocycles. The van der Waals surface area contributed by atoms with Gasteiger partial charge in [-0.15, -0.1) is 0 Å². The maximum atomic E-state index is 12.6. The smallest absolute Gasteiger partial charge is 0.327 e. The van der Waals surface area contributed by atoms with E-state index in [9.17, 15) is 14.4 Å². The lowest BCUT2D eigenvalue weighted by atomic mass is 9.98. The molecule has 142 valence electrons. The largest absolute Gasteiger partial charge is 0.330 e. The number of amides is 2. The van der Waals surface area contributed by atoms with Crippen molar-refractivity contribution in [1.82, 2.24) is 14.9 Å². The average molecular weight is 417 g/mol. The molecule has 9 heteroatoms. The standard InChI is InChI=1S/C19H14Cl2N4O3/c20-12-7-6-11(8-13(12)21)15-14-16(23-18(27)22-15)25(19(28)24-17(14)26)9-10-4-2-1-3-5-10/h1-8,15H,9H2,(H2,22,23,27)(H,24,26,28). The second-order valence-corrected chi connectivity index (χ2v) is 7.11. The molecular formula is C19H14Cl2N4O3. The highest BCUT2D eigenvalue weighted by molar-refractivity contribution is 6.42. The summed E-state index contributed by atoms with van der Waals surface area (Å²) in [5, 5.41) is 5.94. The first kappa shape index (κ1) is 18.3. The van der Waals surface area contributed by atoms with Gasteiger partial charge in [0.05, 0.1) is 28.2 Å². The van der Waals surface area contributed by atoms with Crippen molar-refractivity contribution in [2.45, 2.75) is 12.6 Å². The van der Waals surface area contributed by atoms with E-state index in [1.165, 1.54) is 4.57 Å². The highest BCUT2D eigenvalue weighted by atomic mass is 35.5. The number of halogens is 2. The predicted molar refractivity (Wildman–Crippen MR) is 107 cm³/mol. The second kappa shape index (κ2) is 7.18. The summed E-state index contributed by atoms with van der Waals surface area (Å²) in [5.41, 5.74) is 0.433. The Hall–Kier alpha value is -3.03. The first-order valence-electron chi connectivity index (χ1n) is 8.37. The Morgan fingerprint density at radius 3 is 2.43 bits per heavy atom. The second-order valence-electron chi connectivity index (χ2n) is 6.30. The van der Waals surface area contributed by atoms with E-state index in [1.807, 2.05) is 30.3 Å². The molecule has 2 heterocycles. The molecule has 2 amide bonds. The zero-order chi connectivity index (χ0) is 19.8. The van der Waals surface area contributed by atoms with Gasteiger partial charge in [0.25, 0.3) is 5.56 Å². The van der Waals surface area contributed by atoms with Crippen LogP contribution in [0, 0.1) is 0 Å².